The van der Waals surface area contributed by atoms with Crippen LogP contribution in [0.3, 0.4) is 0 Å². The molecular weight excluding hydrogens is 418 g/mol. The summed E-state index contributed by atoms with van der Waals surface area (Å²) in [5.74, 6) is 0.0129. The molecule has 2 amide bonds. The minimum atomic E-state index is -0.303. The number of piperidine rings is 1. The molecule has 0 unspecified atom stereocenters. The summed E-state index contributed by atoms with van der Waals surface area (Å²) < 4.78 is 5.44. The summed E-state index contributed by atoms with van der Waals surface area (Å²) in [4.78, 5) is 28.8. The maximum atomic E-state index is 12.8. The Hall–Kier alpha value is -3.13. The molecule has 1 spiro atoms. The average molecular weight is 440 g/mol. The van der Waals surface area contributed by atoms with Crippen molar-refractivity contribution in [1.29, 1.82) is 0 Å². The van der Waals surface area contributed by atoms with Gasteiger partial charge in [-0.1, -0.05) is 23.7 Å². The first kappa shape index (κ1) is 19.8. The van der Waals surface area contributed by atoms with Gasteiger partial charge in [0.2, 0.25) is 0 Å². The number of ether oxygens (including phenoxy) is 1. The van der Waals surface area contributed by atoms with Crippen LogP contribution in [0.2, 0.25) is 5.02 Å². The van der Waals surface area contributed by atoms with Crippen LogP contribution in [0, 0.1) is 5.41 Å². The fourth-order valence-corrected chi connectivity index (χ4v) is 4.62. The molecule has 1 N–H and O–H groups in total. The smallest absolute Gasteiger partial charge is 0.410 e. The third-order valence-electron chi connectivity index (χ3n) is 6.24. The van der Waals surface area contributed by atoms with E-state index in [0.717, 1.165) is 23.9 Å². The highest BCUT2D eigenvalue weighted by Gasteiger charge is 2.47. The summed E-state index contributed by atoms with van der Waals surface area (Å²) in [5.41, 5.74) is 3.01. The molecule has 8 nitrogen and oxygen atoms in total. The zero-order chi connectivity index (χ0) is 21.4. The average Bonchev–Trinajstić information content (AvgIpc) is 3.23. The van der Waals surface area contributed by atoms with Crippen molar-refractivity contribution < 1.29 is 14.3 Å². The predicted molar refractivity (Wildman–Crippen MR) is 115 cm³/mol. The molecule has 0 saturated carbocycles. The van der Waals surface area contributed by atoms with Gasteiger partial charge in [-0.15, -0.1) is 0 Å². The van der Waals surface area contributed by atoms with Gasteiger partial charge in [0.25, 0.3) is 5.91 Å². The number of nitrogens with zero attached hydrogens (tertiary/aromatic N) is 4. The molecule has 1 aromatic heterocycles. The number of benzene rings is 2. The molecule has 9 heteroatoms. The molecule has 3 heterocycles. The molecule has 31 heavy (non-hydrogen) atoms. The molecule has 5 rings (SSSR count). The van der Waals surface area contributed by atoms with Crippen LogP contribution in [0.4, 0.5) is 4.79 Å². The Labute approximate surface area is 184 Å². The summed E-state index contributed by atoms with van der Waals surface area (Å²) in [6.45, 7) is 2.92. The maximum absolute atomic E-state index is 12.8. The Kier molecular flexibility index (Phi) is 5.02. The monoisotopic (exact) mass is 439 g/mol. The Balaban J connectivity index is 1.11. The number of fused-ring (bicyclic) bond motifs is 1. The van der Waals surface area contributed by atoms with Crippen LogP contribution < -0.4 is 0 Å². The summed E-state index contributed by atoms with van der Waals surface area (Å²) >= 11 is 5.97. The number of halogens is 1. The van der Waals surface area contributed by atoms with Crippen LogP contribution in [0.1, 0.15) is 28.8 Å². The molecule has 0 radical (unpaired) electrons. The molecule has 2 saturated heterocycles. The van der Waals surface area contributed by atoms with E-state index in [-0.39, 0.29) is 24.0 Å². The number of likely N-dealkylation sites (tertiary alicyclic amines) is 2. The van der Waals surface area contributed by atoms with E-state index in [2.05, 4.69) is 15.4 Å². The van der Waals surface area contributed by atoms with Crippen molar-refractivity contribution in [3.05, 3.63) is 58.6 Å². The number of carbonyl (C=O) groups is 2. The van der Waals surface area contributed by atoms with Crippen LogP contribution >= 0.6 is 11.6 Å². The van der Waals surface area contributed by atoms with E-state index in [1.807, 2.05) is 17.0 Å². The first-order valence-electron chi connectivity index (χ1n) is 10.3. The van der Waals surface area contributed by atoms with Gasteiger partial charge in [-0.2, -0.15) is 15.4 Å². The standard InChI is InChI=1S/C22H22ClN5O3/c23-17-3-1-2-15(10-17)12-31-21(30)27-8-6-22(7-9-27)13-28(14-22)20(29)16-4-5-18-19(11-16)25-26-24-18/h1-5,10-11H,6-9,12-14H2,(H,24,25,26). The minimum absolute atomic E-state index is 0.0129. The number of carbonyl (C=O) groups excluding carboxylic acids is 2. The lowest BCUT2D eigenvalue weighted by Gasteiger charge is -2.53. The second kappa shape index (κ2) is 7.85. The van der Waals surface area contributed by atoms with Crippen molar-refractivity contribution in [2.45, 2.75) is 19.4 Å². The number of amides is 2. The van der Waals surface area contributed by atoms with E-state index < -0.39 is 0 Å². The van der Waals surface area contributed by atoms with Gasteiger partial charge < -0.3 is 14.5 Å². The maximum Gasteiger partial charge on any atom is 0.410 e. The first-order chi connectivity index (χ1) is 15.0. The third-order valence-corrected chi connectivity index (χ3v) is 6.47. The Bertz CT molecular complexity index is 1130. The van der Waals surface area contributed by atoms with Crippen LogP contribution in [-0.4, -0.2) is 63.4 Å². The van der Waals surface area contributed by atoms with E-state index >= 15 is 0 Å². The van der Waals surface area contributed by atoms with Gasteiger partial charge in [-0.3, -0.25) is 4.79 Å². The number of hydrogen-bond acceptors (Lipinski definition) is 5. The lowest BCUT2D eigenvalue weighted by molar-refractivity contribution is -0.0319. The van der Waals surface area contributed by atoms with Crippen molar-refractivity contribution in [2.24, 2.45) is 5.41 Å². The van der Waals surface area contributed by atoms with Gasteiger partial charge in [-0.25, -0.2) is 4.79 Å². The molecule has 0 atom stereocenters. The summed E-state index contributed by atoms with van der Waals surface area (Å²) in [5, 5.41) is 11.3. The Morgan fingerprint density at radius 1 is 1.03 bits per heavy atom. The van der Waals surface area contributed by atoms with Crippen molar-refractivity contribution in [3.63, 3.8) is 0 Å². The van der Waals surface area contributed by atoms with Crippen molar-refractivity contribution >= 4 is 34.6 Å². The Morgan fingerprint density at radius 3 is 2.58 bits per heavy atom. The lowest BCUT2D eigenvalue weighted by atomic mass is 9.72. The van der Waals surface area contributed by atoms with E-state index in [0.29, 0.717) is 42.3 Å². The van der Waals surface area contributed by atoms with Crippen LogP contribution in [0.15, 0.2) is 42.5 Å². The van der Waals surface area contributed by atoms with E-state index in [9.17, 15) is 9.59 Å². The SMILES string of the molecule is O=C(OCc1cccc(Cl)c1)N1CCC2(CC1)CN(C(=O)c1ccc3n[nH]nc3c1)C2. The highest BCUT2D eigenvalue weighted by Crippen LogP contribution is 2.41. The molecule has 2 fully saturated rings. The van der Waals surface area contributed by atoms with Gasteiger partial charge in [0.1, 0.15) is 17.6 Å². The molecule has 0 aliphatic carbocycles. The summed E-state index contributed by atoms with van der Waals surface area (Å²) in [7, 11) is 0. The normalized spacial score (nSPS) is 17.6. The second-order valence-electron chi connectivity index (χ2n) is 8.36. The zero-order valence-electron chi connectivity index (χ0n) is 16.9. The van der Waals surface area contributed by atoms with Crippen molar-refractivity contribution in [1.82, 2.24) is 25.2 Å². The van der Waals surface area contributed by atoms with E-state index in [1.54, 1.807) is 35.2 Å². The Morgan fingerprint density at radius 2 is 1.81 bits per heavy atom. The van der Waals surface area contributed by atoms with Gasteiger partial charge in [0, 0.05) is 42.2 Å². The summed E-state index contributed by atoms with van der Waals surface area (Å²) in [6, 6.07) is 12.7. The molecule has 3 aromatic rings. The first-order valence-corrected chi connectivity index (χ1v) is 10.7. The second-order valence-corrected chi connectivity index (χ2v) is 8.80. The molecule has 160 valence electrons. The molecule has 2 aliphatic heterocycles. The van der Waals surface area contributed by atoms with Gasteiger partial charge >= 0.3 is 6.09 Å². The van der Waals surface area contributed by atoms with Crippen molar-refractivity contribution in [2.75, 3.05) is 26.2 Å². The molecule has 2 aromatic carbocycles. The number of rotatable bonds is 3. The number of aromatic nitrogens is 3. The minimum Gasteiger partial charge on any atom is -0.445 e. The highest BCUT2D eigenvalue weighted by molar-refractivity contribution is 6.30. The van der Waals surface area contributed by atoms with E-state index in [1.165, 1.54) is 0 Å². The highest BCUT2D eigenvalue weighted by atomic mass is 35.5. The van der Waals surface area contributed by atoms with Crippen LogP contribution in [-0.2, 0) is 11.3 Å². The molecular formula is C22H22ClN5O3. The fourth-order valence-electron chi connectivity index (χ4n) is 4.41. The predicted octanol–water partition coefficient (Wildman–Crippen LogP) is 3.49. The number of nitrogens with one attached hydrogen (secondary N) is 1. The molecule has 2 aliphatic rings. The zero-order valence-corrected chi connectivity index (χ0v) is 17.6. The van der Waals surface area contributed by atoms with E-state index in [4.69, 9.17) is 16.3 Å². The summed E-state index contributed by atoms with van der Waals surface area (Å²) in [6.07, 6.45) is 1.43. The lowest BCUT2D eigenvalue weighted by Crippen LogP contribution is -2.62. The largest absolute Gasteiger partial charge is 0.445 e. The van der Waals surface area contributed by atoms with Crippen molar-refractivity contribution in [3.8, 4) is 0 Å². The quantitative estimate of drug-likeness (QED) is 0.674. The van der Waals surface area contributed by atoms with Gasteiger partial charge in [-0.05, 0) is 48.7 Å². The molecule has 0 bridgehead atoms. The topological polar surface area (TPSA) is 91.4 Å². The number of aromatic amines is 1. The van der Waals surface area contributed by atoms with Gasteiger partial charge in [0.05, 0.1) is 0 Å². The van der Waals surface area contributed by atoms with Gasteiger partial charge in [0.15, 0.2) is 0 Å². The number of hydrogen-bond donors (Lipinski definition) is 1. The van der Waals surface area contributed by atoms with Crippen LogP contribution in [0.5, 0.6) is 0 Å². The third kappa shape index (κ3) is 3.95. The fraction of sp³-hybridized carbons (Fsp3) is 0.364. The number of H-pyrrole nitrogens is 1. The van der Waals surface area contributed by atoms with Crippen LogP contribution in [0.25, 0.3) is 11.0 Å².